The third-order valence-corrected chi connectivity index (χ3v) is 5.90. The van der Waals surface area contributed by atoms with Crippen molar-refractivity contribution in [2.45, 2.75) is 18.9 Å². The molecular formula is C27H25FN4O2S. The molecule has 0 amide bonds. The largest absolute Gasteiger partial charge is 0.497 e. The summed E-state index contributed by atoms with van der Waals surface area (Å²) in [6.07, 6.45) is 1.09. The summed E-state index contributed by atoms with van der Waals surface area (Å²) in [6, 6.07) is 27.5. The van der Waals surface area contributed by atoms with Gasteiger partial charge in [0.15, 0.2) is 16.8 Å². The van der Waals surface area contributed by atoms with Crippen molar-refractivity contribution >= 4 is 22.7 Å². The van der Waals surface area contributed by atoms with E-state index in [2.05, 4.69) is 20.3 Å². The van der Waals surface area contributed by atoms with Gasteiger partial charge in [0.25, 0.3) is 0 Å². The highest BCUT2D eigenvalue weighted by molar-refractivity contribution is 8.13. The number of nitrogens with one attached hydrogen (secondary N) is 1. The van der Waals surface area contributed by atoms with Crippen LogP contribution in [0.2, 0.25) is 0 Å². The number of hydrogen-bond donors (Lipinski definition) is 1. The number of benzene rings is 3. The molecule has 4 rings (SSSR count). The molecule has 1 heterocycles. The molecule has 0 aliphatic heterocycles. The van der Waals surface area contributed by atoms with Crippen LogP contribution in [0.15, 0.2) is 96.1 Å². The molecular weight excluding hydrogens is 463 g/mol. The van der Waals surface area contributed by atoms with Crippen LogP contribution >= 0.6 is 11.8 Å². The topological polar surface area (TPSA) is 68.6 Å². The summed E-state index contributed by atoms with van der Waals surface area (Å²) in [5, 5.41) is 3.58. The second-order valence-electron chi connectivity index (χ2n) is 7.50. The van der Waals surface area contributed by atoms with E-state index in [1.807, 2.05) is 84.9 Å². The number of methoxy groups -OCH3 is 1. The van der Waals surface area contributed by atoms with Crippen molar-refractivity contribution in [3.8, 4) is 11.8 Å². The van der Waals surface area contributed by atoms with E-state index in [0.717, 1.165) is 28.6 Å². The van der Waals surface area contributed by atoms with Crippen molar-refractivity contribution in [2.75, 3.05) is 12.4 Å². The number of amidine groups is 1. The Morgan fingerprint density at radius 1 is 0.943 bits per heavy atom. The third-order valence-electron chi connectivity index (χ3n) is 4.92. The Balaban J connectivity index is 1.48. The first kappa shape index (κ1) is 24.2. The number of aromatic nitrogens is 2. The zero-order valence-corrected chi connectivity index (χ0v) is 20.0. The first-order valence-electron chi connectivity index (χ1n) is 11.0. The highest BCUT2D eigenvalue weighted by atomic mass is 32.2. The van der Waals surface area contributed by atoms with Gasteiger partial charge in [-0.05, 0) is 28.8 Å². The number of ether oxygens (including phenoxy) is 2. The van der Waals surface area contributed by atoms with E-state index in [9.17, 15) is 4.39 Å². The van der Waals surface area contributed by atoms with Gasteiger partial charge in [-0.25, -0.2) is 9.37 Å². The van der Waals surface area contributed by atoms with E-state index >= 15 is 0 Å². The first-order valence-corrected chi connectivity index (χ1v) is 12.0. The number of nitrogens with zero attached hydrogens (tertiary/aromatic N) is 3. The van der Waals surface area contributed by atoms with Gasteiger partial charge in [0.1, 0.15) is 12.4 Å². The van der Waals surface area contributed by atoms with Gasteiger partial charge in [-0.1, -0.05) is 84.6 Å². The highest BCUT2D eigenvalue weighted by Gasteiger charge is 2.12. The molecule has 4 aromatic rings. The maximum Gasteiger partial charge on any atom is 0.318 e. The minimum atomic E-state index is -0.591. The fourth-order valence-corrected chi connectivity index (χ4v) is 3.93. The smallest absolute Gasteiger partial charge is 0.318 e. The average molecular weight is 489 g/mol. The maximum absolute atomic E-state index is 14.6. The summed E-state index contributed by atoms with van der Waals surface area (Å²) in [5.41, 5.74) is 3.07. The number of rotatable bonds is 9. The fraction of sp³-hybridized carbons (Fsp3) is 0.148. The zero-order chi connectivity index (χ0) is 24.3. The Bertz CT molecular complexity index is 1260. The van der Waals surface area contributed by atoms with Crippen LogP contribution < -0.4 is 14.8 Å². The molecule has 0 aliphatic carbocycles. The standard InChI is InChI=1S/C27H25FN4O2S/c1-33-23-14-8-13-22(15-23)18-34-26-29-17-24(28)25(31-26)32-27(30-16-20-9-4-2-5-10-20)35-19-21-11-6-3-7-12-21/h2-15,17H,16,18-19H2,1H3,(H,29,30,31,32). The van der Waals surface area contributed by atoms with Gasteiger partial charge >= 0.3 is 6.01 Å². The van der Waals surface area contributed by atoms with E-state index in [-0.39, 0.29) is 18.4 Å². The van der Waals surface area contributed by atoms with Gasteiger partial charge in [0.2, 0.25) is 0 Å². The zero-order valence-electron chi connectivity index (χ0n) is 19.2. The molecule has 0 atom stereocenters. The molecule has 0 saturated heterocycles. The fourth-order valence-electron chi connectivity index (χ4n) is 3.11. The second-order valence-corrected chi connectivity index (χ2v) is 8.46. The van der Waals surface area contributed by atoms with Gasteiger partial charge in [0, 0.05) is 5.75 Å². The summed E-state index contributed by atoms with van der Waals surface area (Å²) in [6.45, 7) is 0.677. The average Bonchev–Trinajstić information content (AvgIpc) is 2.91. The molecule has 178 valence electrons. The lowest BCUT2D eigenvalue weighted by Gasteiger charge is -2.12. The number of halogens is 1. The van der Waals surface area contributed by atoms with Crippen molar-refractivity contribution in [1.29, 1.82) is 0 Å². The molecule has 1 N–H and O–H groups in total. The molecule has 0 radical (unpaired) electrons. The predicted octanol–water partition coefficient (Wildman–Crippen LogP) is 6.10. The van der Waals surface area contributed by atoms with Gasteiger partial charge in [0.05, 0.1) is 19.9 Å². The SMILES string of the molecule is COc1cccc(COc2ncc(F)c(N/C(=N/Cc3ccccc3)SCc3ccccc3)n2)c1. The number of anilines is 1. The Hall–Kier alpha value is -3.91. The van der Waals surface area contributed by atoms with Crippen molar-refractivity contribution < 1.29 is 13.9 Å². The Morgan fingerprint density at radius 3 is 2.40 bits per heavy atom. The molecule has 0 unspecified atom stereocenters. The van der Waals surface area contributed by atoms with Crippen molar-refractivity contribution in [3.63, 3.8) is 0 Å². The lowest BCUT2D eigenvalue weighted by Crippen LogP contribution is -2.13. The summed E-state index contributed by atoms with van der Waals surface area (Å²) < 4.78 is 25.5. The van der Waals surface area contributed by atoms with Crippen molar-refractivity contribution in [3.05, 3.63) is 114 Å². The monoisotopic (exact) mass is 488 g/mol. The van der Waals surface area contributed by atoms with Crippen LogP contribution in [0.1, 0.15) is 16.7 Å². The van der Waals surface area contributed by atoms with Crippen molar-refractivity contribution in [2.24, 2.45) is 4.99 Å². The van der Waals surface area contributed by atoms with E-state index < -0.39 is 5.82 Å². The quantitative estimate of drug-likeness (QED) is 0.227. The molecule has 35 heavy (non-hydrogen) atoms. The maximum atomic E-state index is 14.6. The molecule has 0 saturated carbocycles. The predicted molar refractivity (Wildman–Crippen MR) is 138 cm³/mol. The Kier molecular flexibility index (Phi) is 8.67. The van der Waals surface area contributed by atoms with Crippen LogP contribution in [0.5, 0.6) is 11.8 Å². The molecule has 0 fully saturated rings. The van der Waals surface area contributed by atoms with Gasteiger partial charge in [-0.2, -0.15) is 4.98 Å². The van der Waals surface area contributed by atoms with Crippen LogP contribution in [0.25, 0.3) is 0 Å². The highest BCUT2D eigenvalue weighted by Crippen LogP contribution is 2.20. The molecule has 3 aromatic carbocycles. The number of thioether (sulfide) groups is 1. The molecule has 6 nitrogen and oxygen atoms in total. The van der Waals surface area contributed by atoms with Crippen LogP contribution in [0, 0.1) is 5.82 Å². The first-order chi connectivity index (χ1) is 17.2. The summed E-state index contributed by atoms with van der Waals surface area (Å²) in [5.74, 6) is 0.815. The summed E-state index contributed by atoms with van der Waals surface area (Å²) in [4.78, 5) is 12.9. The van der Waals surface area contributed by atoms with E-state index in [1.54, 1.807) is 7.11 Å². The lowest BCUT2D eigenvalue weighted by atomic mass is 10.2. The number of aliphatic imine (C=N–C) groups is 1. The molecule has 0 spiro atoms. The summed E-state index contributed by atoms with van der Waals surface area (Å²) >= 11 is 1.47. The lowest BCUT2D eigenvalue weighted by molar-refractivity contribution is 0.279. The van der Waals surface area contributed by atoms with E-state index in [0.29, 0.717) is 17.5 Å². The van der Waals surface area contributed by atoms with E-state index in [4.69, 9.17) is 9.47 Å². The number of hydrogen-bond acceptors (Lipinski definition) is 6. The van der Waals surface area contributed by atoms with Gasteiger partial charge in [-0.3, -0.25) is 4.99 Å². The normalized spacial score (nSPS) is 11.2. The van der Waals surface area contributed by atoms with Crippen LogP contribution in [0.4, 0.5) is 10.2 Å². The minimum absolute atomic E-state index is 0.00742. The minimum Gasteiger partial charge on any atom is -0.497 e. The van der Waals surface area contributed by atoms with Gasteiger partial charge in [-0.15, -0.1) is 0 Å². The van der Waals surface area contributed by atoms with Crippen LogP contribution in [-0.4, -0.2) is 22.2 Å². The van der Waals surface area contributed by atoms with Crippen LogP contribution in [0.3, 0.4) is 0 Å². The Morgan fingerprint density at radius 2 is 1.66 bits per heavy atom. The molecule has 8 heteroatoms. The van der Waals surface area contributed by atoms with Gasteiger partial charge < -0.3 is 14.8 Å². The summed E-state index contributed by atoms with van der Waals surface area (Å²) in [7, 11) is 1.60. The van der Waals surface area contributed by atoms with Crippen LogP contribution in [-0.2, 0) is 18.9 Å². The van der Waals surface area contributed by atoms with E-state index in [1.165, 1.54) is 11.8 Å². The van der Waals surface area contributed by atoms with Crippen molar-refractivity contribution in [1.82, 2.24) is 9.97 Å². The third kappa shape index (κ3) is 7.55. The molecule has 0 aliphatic rings. The molecule has 1 aromatic heterocycles. The molecule has 0 bridgehead atoms. The Labute approximate surface area is 208 Å². The second kappa shape index (κ2) is 12.5.